The molecule has 0 aliphatic rings. The average Bonchev–Trinajstić information content (AvgIpc) is 2.44. The topological polar surface area (TPSA) is 72.7 Å². The molecular weight excluding hydrogens is 242 g/mol. The van der Waals surface area contributed by atoms with Crippen LogP contribution in [-0.4, -0.2) is 21.9 Å². The summed E-state index contributed by atoms with van der Waals surface area (Å²) in [4.78, 5) is 0. The maximum absolute atomic E-state index is 9.41. The third-order valence-corrected chi connectivity index (χ3v) is 2.98. The fourth-order valence-electron chi connectivity index (χ4n) is 1.89. The lowest BCUT2D eigenvalue weighted by Gasteiger charge is -2.16. The summed E-state index contributed by atoms with van der Waals surface area (Å²) in [6, 6.07) is 14.2. The normalized spacial score (nSPS) is 12.3. The predicted molar refractivity (Wildman–Crippen MR) is 72.9 cm³/mol. The standard InChI is InChI=1S/C15H17NO3/c17-10-13(12-4-2-1-3-5-12)16-9-11-6-7-14(18)15(19)8-11/h1-8,13,16-19H,9-10H2/t13-/m1/s1. The van der Waals surface area contributed by atoms with Crippen LogP contribution in [0.5, 0.6) is 11.5 Å². The number of aliphatic hydroxyl groups excluding tert-OH is 1. The van der Waals surface area contributed by atoms with Crippen molar-refractivity contribution in [3.05, 3.63) is 59.7 Å². The molecule has 0 aliphatic carbocycles. The minimum Gasteiger partial charge on any atom is -0.504 e. The molecule has 4 N–H and O–H groups in total. The summed E-state index contributed by atoms with van der Waals surface area (Å²) in [6.45, 7) is 0.488. The third-order valence-electron chi connectivity index (χ3n) is 2.98. The SMILES string of the molecule is OC[C@@H](NCc1ccc(O)c(O)c1)c1ccccc1. The van der Waals surface area contributed by atoms with Crippen LogP contribution >= 0.6 is 0 Å². The Morgan fingerprint density at radius 2 is 1.68 bits per heavy atom. The molecule has 2 aromatic rings. The molecule has 0 bridgehead atoms. The van der Waals surface area contributed by atoms with Gasteiger partial charge in [-0.25, -0.2) is 0 Å². The lowest BCUT2D eigenvalue weighted by Crippen LogP contribution is -2.23. The lowest BCUT2D eigenvalue weighted by atomic mass is 10.1. The van der Waals surface area contributed by atoms with Crippen molar-refractivity contribution in [3.8, 4) is 11.5 Å². The van der Waals surface area contributed by atoms with Crippen molar-refractivity contribution >= 4 is 0 Å². The van der Waals surface area contributed by atoms with Crippen LogP contribution < -0.4 is 5.32 Å². The quantitative estimate of drug-likeness (QED) is 0.619. The highest BCUT2D eigenvalue weighted by molar-refractivity contribution is 5.40. The number of aromatic hydroxyl groups is 2. The second-order valence-electron chi connectivity index (χ2n) is 4.35. The molecular formula is C15H17NO3. The van der Waals surface area contributed by atoms with Gasteiger partial charge in [-0.05, 0) is 23.3 Å². The number of aliphatic hydroxyl groups is 1. The second kappa shape index (κ2) is 6.22. The van der Waals surface area contributed by atoms with E-state index in [-0.39, 0.29) is 24.1 Å². The monoisotopic (exact) mass is 259 g/mol. The Bertz CT molecular complexity index is 528. The molecule has 0 radical (unpaired) electrons. The number of rotatable bonds is 5. The Hall–Kier alpha value is -2.04. The minimum absolute atomic E-state index is 0.00587. The zero-order valence-electron chi connectivity index (χ0n) is 10.5. The summed E-state index contributed by atoms with van der Waals surface area (Å²) in [5.41, 5.74) is 1.85. The summed E-state index contributed by atoms with van der Waals surface area (Å²) in [6.07, 6.45) is 0. The van der Waals surface area contributed by atoms with Crippen LogP contribution in [0, 0.1) is 0 Å². The van der Waals surface area contributed by atoms with Crippen molar-refractivity contribution in [1.82, 2.24) is 5.32 Å². The molecule has 0 fully saturated rings. The predicted octanol–water partition coefficient (Wildman–Crippen LogP) is 1.92. The summed E-state index contributed by atoms with van der Waals surface area (Å²) in [7, 11) is 0. The first-order valence-corrected chi connectivity index (χ1v) is 6.10. The van der Waals surface area contributed by atoms with Crippen molar-refractivity contribution in [2.75, 3.05) is 6.61 Å². The fourth-order valence-corrected chi connectivity index (χ4v) is 1.89. The first-order chi connectivity index (χ1) is 9.20. The van der Waals surface area contributed by atoms with Crippen molar-refractivity contribution < 1.29 is 15.3 Å². The van der Waals surface area contributed by atoms with Crippen molar-refractivity contribution in [1.29, 1.82) is 0 Å². The zero-order valence-corrected chi connectivity index (χ0v) is 10.5. The van der Waals surface area contributed by atoms with E-state index < -0.39 is 0 Å². The summed E-state index contributed by atoms with van der Waals surface area (Å²) in [5.74, 6) is -0.273. The van der Waals surface area contributed by atoms with E-state index in [9.17, 15) is 15.3 Å². The Balaban J connectivity index is 2.02. The van der Waals surface area contributed by atoms with Gasteiger partial charge in [-0.15, -0.1) is 0 Å². The van der Waals surface area contributed by atoms with Gasteiger partial charge in [0.2, 0.25) is 0 Å². The van der Waals surface area contributed by atoms with Crippen LogP contribution in [0.15, 0.2) is 48.5 Å². The number of hydrogen-bond acceptors (Lipinski definition) is 4. The third kappa shape index (κ3) is 3.47. The number of benzene rings is 2. The van der Waals surface area contributed by atoms with Gasteiger partial charge in [0.05, 0.1) is 12.6 Å². The maximum atomic E-state index is 9.41. The van der Waals surface area contributed by atoms with E-state index in [0.717, 1.165) is 11.1 Å². The van der Waals surface area contributed by atoms with Crippen LogP contribution in [0.25, 0.3) is 0 Å². The molecule has 4 heteroatoms. The largest absolute Gasteiger partial charge is 0.504 e. The van der Waals surface area contributed by atoms with E-state index in [1.807, 2.05) is 30.3 Å². The van der Waals surface area contributed by atoms with E-state index in [1.165, 1.54) is 12.1 Å². The molecule has 0 spiro atoms. The highest BCUT2D eigenvalue weighted by Gasteiger charge is 2.09. The molecule has 0 saturated carbocycles. The first kappa shape index (κ1) is 13.4. The van der Waals surface area contributed by atoms with E-state index in [4.69, 9.17) is 0 Å². The van der Waals surface area contributed by atoms with Gasteiger partial charge in [0.15, 0.2) is 11.5 Å². The molecule has 0 unspecified atom stereocenters. The van der Waals surface area contributed by atoms with E-state index in [1.54, 1.807) is 6.07 Å². The van der Waals surface area contributed by atoms with Crippen LogP contribution in [0.2, 0.25) is 0 Å². The highest BCUT2D eigenvalue weighted by atomic mass is 16.3. The van der Waals surface area contributed by atoms with Crippen LogP contribution in [-0.2, 0) is 6.54 Å². The molecule has 1 atom stereocenters. The van der Waals surface area contributed by atoms with Gasteiger partial charge >= 0.3 is 0 Å². The van der Waals surface area contributed by atoms with E-state index in [2.05, 4.69) is 5.32 Å². The van der Waals surface area contributed by atoms with Crippen molar-refractivity contribution in [2.24, 2.45) is 0 Å². The van der Waals surface area contributed by atoms with Gasteiger partial charge in [0.25, 0.3) is 0 Å². The second-order valence-corrected chi connectivity index (χ2v) is 4.35. The van der Waals surface area contributed by atoms with Crippen molar-refractivity contribution in [3.63, 3.8) is 0 Å². The number of phenolic OH excluding ortho intramolecular Hbond substituents is 2. The average molecular weight is 259 g/mol. The van der Waals surface area contributed by atoms with Gasteiger partial charge in [0.1, 0.15) is 0 Å². The number of hydrogen-bond donors (Lipinski definition) is 4. The first-order valence-electron chi connectivity index (χ1n) is 6.10. The number of phenols is 2. The van der Waals surface area contributed by atoms with Gasteiger partial charge in [-0.3, -0.25) is 0 Å². The zero-order chi connectivity index (χ0) is 13.7. The van der Waals surface area contributed by atoms with Crippen LogP contribution in [0.3, 0.4) is 0 Å². The smallest absolute Gasteiger partial charge is 0.157 e. The Kier molecular flexibility index (Phi) is 4.39. The van der Waals surface area contributed by atoms with E-state index in [0.29, 0.717) is 6.54 Å². The Morgan fingerprint density at radius 1 is 0.947 bits per heavy atom. The maximum Gasteiger partial charge on any atom is 0.157 e. The van der Waals surface area contributed by atoms with Crippen LogP contribution in [0.4, 0.5) is 0 Å². The molecule has 4 nitrogen and oxygen atoms in total. The van der Waals surface area contributed by atoms with Crippen molar-refractivity contribution in [2.45, 2.75) is 12.6 Å². The minimum atomic E-state index is -0.155. The summed E-state index contributed by atoms with van der Waals surface area (Å²) >= 11 is 0. The molecule has 19 heavy (non-hydrogen) atoms. The lowest BCUT2D eigenvalue weighted by molar-refractivity contribution is 0.243. The van der Waals surface area contributed by atoms with Gasteiger partial charge in [-0.1, -0.05) is 36.4 Å². The molecule has 0 heterocycles. The van der Waals surface area contributed by atoms with Gasteiger partial charge < -0.3 is 20.6 Å². The Morgan fingerprint density at radius 3 is 2.32 bits per heavy atom. The molecule has 0 saturated heterocycles. The molecule has 100 valence electrons. The number of nitrogens with one attached hydrogen (secondary N) is 1. The highest BCUT2D eigenvalue weighted by Crippen LogP contribution is 2.25. The van der Waals surface area contributed by atoms with Gasteiger partial charge in [0, 0.05) is 6.54 Å². The van der Waals surface area contributed by atoms with Gasteiger partial charge in [-0.2, -0.15) is 0 Å². The molecule has 0 aromatic heterocycles. The molecule has 0 amide bonds. The summed E-state index contributed by atoms with van der Waals surface area (Å²) in [5, 5.41) is 31.3. The molecule has 0 aliphatic heterocycles. The Labute approximate surface area is 112 Å². The molecule has 2 rings (SSSR count). The van der Waals surface area contributed by atoms with E-state index >= 15 is 0 Å². The fraction of sp³-hybridized carbons (Fsp3) is 0.200. The molecule has 2 aromatic carbocycles. The van der Waals surface area contributed by atoms with Crippen LogP contribution in [0.1, 0.15) is 17.2 Å². The summed E-state index contributed by atoms with van der Waals surface area (Å²) < 4.78 is 0.